The van der Waals surface area contributed by atoms with E-state index in [0.29, 0.717) is 13.2 Å². The number of aryl methyl sites for hydroxylation is 4. The van der Waals surface area contributed by atoms with E-state index in [1.165, 1.54) is 0 Å². The van der Waals surface area contributed by atoms with Crippen molar-refractivity contribution in [3.8, 4) is 17.2 Å². The SMILES string of the molecule is COc1ccccc1OCCCn1c(CCCCCNC(=O)COc2cc(C)ccc2C)nc2ccccc21. The summed E-state index contributed by atoms with van der Waals surface area (Å²) < 4.78 is 19.4. The highest BCUT2D eigenvalue weighted by molar-refractivity contribution is 5.77. The van der Waals surface area contributed by atoms with E-state index in [0.717, 1.165) is 83.9 Å². The quantitative estimate of drug-likeness (QED) is 0.190. The lowest BCUT2D eigenvalue weighted by molar-refractivity contribution is -0.123. The normalized spacial score (nSPS) is 10.9. The first kappa shape index (κ1) is 28.0. The highest BCUT2D eigenvalue weighted by Crippen LogP contribution is 2.26. The molecule has 0 atom stereocenters. The Morgan fingerprint density at radius 2 is 1.67 bits per heavy atom. The van der Waals surface area contributed by atoms with Gasteiger partial charge in [0, 0.05) is 19.5 Å². The number of fused-ring (bicyclic) bond motifs is 1. The maximum atomic E-state index is 12.2. The second kappa shape index (κ2) is 14.2. The molecule has 1 aromatic heterocycles. The molecular weight excluding hydrogens is 490 g/mol. The third-order valence-corrected chi connectivity index (χ3v) is 6.69. The number of ether oxygens (including phenoxy) is 3. The van der Waals surface area contributed by atoms with Gasteiger partial charge in [-0.1, -0.05) is 42.8 Å². The minimum Gasteiger partial charge on any atom is -0.493 e. The van der Waals surface area contributed by atoms with Crippen LogP contribution in [0.4, 0.5) is 0 Å². The predicted molar refractivity (Wildman–Crippen MR) is 155 cm³/mol. The Balaban J connectivity index is 1.20. The molecule has 0 saturated carbocycles. The molecule has 7 nitrogen and oxygen atoms in total. The van der Waals surface area contributed by atoms with Crippen LogP contribution in [0, 0.1) is 13.8 Å². The monoisotopic (exact) mass is 529 g/mol. The van der Waals surface area contributed by atoms with Crippen molar-refractivity contribution in [1.82, 2.24) is 14.9 Å². The summed E-state index contributed by atoms with van der Waals surface area (Å²) in [6.07, 6.45) is 4.70. The van der Waals surface area contributed by atoms with Crippen LogP contribution in [-0.2, 0) is 17.8 Å². The van der Waals surface area contributed by atoms with Crippen molar-refractivity contribution < 1.29 is 19.0 Å². The number of hydrogen-bond acceptors (Lipinski definition) is 5. The molecule has 4 rings (SSSR count). The molecule has 0 fully saturated rings. The highest BCUT2D eigenvalue weighted by atomic mass is 16.5. The molecule has 0 aliphatic carbocycles. The van der Waals surface area contributed by atoms with Crippen LogP contribution in [0.15, 0.2) is 66.7 Å². The molecule has 4 aromatic rings. The van der Waals surface area contributed by atoms with Crippen molar-refractivity contribution in [1.29, 1.82) is 0 Å². The van der Waals surface area contributed by atoms with Crippen LogP contribution < -0.4 is 19.5 Å². The van der Waals surface area contributed by atoms with Crippen LogP contribution >= 0.6 is 0 Å². The topological polar surface area (TPSA) is 74.6 Å². The number of nitrogens with one attached hydrogen (secondary N) is 1. The molecule has 0 aliphatic heterocycles. The van der Waals surface area contributed by atoms with Gasteiger partial charge in [-0.05, 0) is 74.6 Å². The first-order valence-corrected chi connectivity index (χ1v) is 13.7. The number of carbonyl (C=O) groups is 1. The van der Waals surface area contributed by atoms with Gasteiger partial charge in [0.15, 0.2) is 18.1 Å². The van der Waals surface area contributed by atoms with Crippen LogP contribution in [-0.4, -0.2) is 42.3 Å². The van der Waals surface area contributed by atoms with Crippen molar-refractivity contribution in [2.45, 2.75) is 52.5 Å². The molecule has 0 saturated heterocycles. The van der Waals surface area contributed by atoms with Gasteiger partial charge in [0.2, 0.25) is 0 Å². The van der Waals surface area contributed by atoms with E-state index in [-0.39, 0.29) is 12.5 Å². The van der Waals surface area contributed by atoms with Crippen molar-refractivity contribution in [2.24, 2.45) is 0 Å². The van der Waals surface area contributed by atoms with Gasteiger partial charge in [0.1, 0.15) is 11.6 Å². The molecule has 1 amide bonds. The number of carbonyl (C=O) groups excluding carboxylic acids is 1. The fourth-order valence-corrected chi connectivity index (χ4v) is 4.58. The van der Waals surface area contributed by atoms with Gasteiger partial charge in [0.05, 0.1) is 24.8 Å². The summed E-state index contributed by atoms with van der Waals surface area (Å²) in [6.45, 7) is 6.11. The van der Waals surface area contributed by atoms with Gasteiger partial charge in [-0.2, -0.15) is 0 Å². The Morgan fingerprint density at radius 1 is 0.872 bits per heavy atom. The second-order valence-electron chi connectivity index (χ2n) is 9.74. The van der Waals surface area contributed by atoms with Crippen LogP contribution in [0.1, 0.15) is 42.6 Å². The van der Waals surface area contributed by atoms with Gasteiger partial charge < -0.3 is 24.1 Å². The molecule has 0 unspecified atom stereocenters. The summed E-state index contributed by atoms with van der Waals surface area (Å²) in [5, 5.41) is 2.97. The van der Waals surface area contributed by atoms with E-state index in [1.54, 1.807) is 7.11 Å². The molecule has 1 N–H and O–H groups in total. The minimum absolute atomic E-state index is 0.0368. The number of rotatable bonds is 15. The number of nitrogens with zero attached hydrogens (tertiary/aromatic N) is 2. The lowest BCUT2D eigenvalue weighted by atomic mass is 10.1. The molecule has 39 heavy (non-hydrogen) atoms. The first-order valence-electron chi connectivity index (χ1n) is 13.7. The van der Waals surface area contributed by atoms with E-state index >= 15 is 0 Å². The number of para-hydroxylation sites is 4. The van der Waals surface area contributed by atoms with E-state index < -0.39 is 0 Å². The molecule has 0 spiro atoms. The van der Waals surface area contributed by atoms with E-state index in [1.807, 2.05) is 62.4 Å². The lowest BCUT2D eigenvalue weighted by Gasteiger charge is -2.12. The maximum Gasteiger partial charge on any atom is 0.257 e. The summed E-state index contributed by atoms with van der Waals surface area (Å²) in [5.41, 5.74) is 4.32. The standard InChI is InChI=1S/C32H39N3O4/c1-24-17-18-25(2)30(22-24)39-23-32(36)33-19-10-4-5-16-31-34-26-12-6-7-13-27(26)35(31)20-11-21-38-29-15-9-8-14-28(29)37-3/h6-9,12-15,17-18,22H,4-5,10-11,16,19-21,23H2,1-3H3,(H,33,36). The number of amides is 1. The third kappa shape index (κ3) is 7.99. The number of aromatic nitrogens is 2. The highest BCUT2D eigenvalue weighted by Gasteiger charge is 2.11. The van der Waals surface area contributed by atoms with Crippen LogP contribution in [0.3, 0.4) is 0 Å². The second-order valence-corrected chi connectivity index (χ2v) is 9.74. The molecule has 0 bridgehead atoms. The van der Waals surface area contributed by atoms with Crippen LogP contribution in [0.5, 0.6) is 17.2 Å². The zero-order valence-electron chi connectivity index (χ0n) is 23.2. The number of hydrogen-bond donors (Lipinski definition) is 1. The average Bonchev–Trinajstić information content (AvgIpc) is 3.30. The summed E-state index contributed by atoms with van der Waals surface area (Å²) in [7, 11) is 1.65. The Labute approximate surface area is 231 Å². The van der Waals surface area contributed by atoms with E-state index in [4.69, 9.17) is 19.2 Å². The van der Waals surface area contributed by atoms with Crippen LogP contribution in [0.2, 0.25) is 0 Å². The first-order chi connectivity index (χ1) is 19.0. The fourth-order valence-electron chi connectivity index (χ4n) is 4.58. The number of benzene rings is 3. The Hall–Kier alpha value is -4.00. The number of methoxy groups -OCH3 is 1. The van der Waals surface area contributed by atoms with Gasteiger partial charge in [-0.15, -0.1) is 0 Å². The molecule has 0 radical (unpaired) electrons. The number of imidazole rings is 1. The largest absolute Gasteiger partial charge is 0.493 e. The van der Waals surface area contributed by atoms with Crippen molar-refractivity contribution in [3.63, 3.8) is 0 Å². The Bertz CT molecular complexity index is 1360. The Kier molecular flexibility index (Phi) is 10.2. The zero-order chi connectivity index (χ0) is 27.5. The third-order valence-electron chi connectivity index (χ3n) is 6.69. The molecule has 7 heteroatoms. The van der Waals surface area contributed by atoms with E-state index in [9.17, 15) is 4.79 Å². The molecule has 3 aromatic carbocycles. The van der Waals surface area contributed by atoms with Gasteiger partial charge in [-0.25, -0.2) is 4.98 Å². The minimum atomic E-state index is -0.0898. The summed E-state index contributed by atoms with van der Waals surface area (Å²) in [4.78, 5) is 17.1. The zero-order valence-corrected chi connectivity index (χ0v) is 23.2. The van der Waals surface area contributed by atoms with Gasteiger partial charge in [0.25, 0.3) is 5.91 Å². The summed E-state index contributed by atoms with van der Waals surface area (Å²) in [6, 6.07) is 22.0. The molecule has 0 aliphatic rings. The summed E-state index contributed by atoms with van der Waals surface area (Å²) in [5.74, 6) is 3.28. The smallest absolute Gasteiger partial charge is 0.257 e. The van der Waals surface area contributed by atoms with E-state index in [2.05, 4.69) is 28.1 Å². The fraction of sp³-hybridized carbons (Fsp3) is 0.375. The number of unbranched alkanes of at least 4 members (excludes halogenated alkanes) is 2. The molecule has 1 heterocycles. The molecular formula is C32H39N3O4. The van der Waals surface area contributed by atoms with Crippen molar-refractivity contribution >= 4 is 16.9 Å². The maximum absolute atomic E-state index is 12.2. The van der Waals surface area contributed by atoms with Gasteiger partial charge in [-0.3, -0.25) is 4.79 Å². The van der Waals surface area contributed by atoms with Crippen LogP contribution in [0.25, 0.3) is 11.0 Å². The lowest BCUT2D eigenvalue weighted by Crippen LogP contribution is -2.29. The molecule has 206 valence electrons. The predicted octanol–water partition coefficient (Wildman–Crippen LogP) is 6.04. The Morgan fingerprint density at radius 3 is 2.51 bits per heavy atom. The van der Waals surface area contributed by atoms with Crippen molar-refractivity contribution in [2.75, 3.05) is 26.9 Å². The average molecular weight is 530 g/mol. The summed E-state index contributed by atoms with van der Waals surface area (Å²) >= 11 is 0. The van der Waals surface area contributed by atoms with Gasteiger partial charge >= 0.3 is 0 Å². The van der Waals surface area contributed by atoms with Crippen molar-refractivity contribution in [3.05, 3.63) is 83.7 Å².